The number of carbonyl (C=O) groups excluding carboxylic acids is 2. The van der Waals surface area contributed by atoms with E-state index in [1.54, 1.807) is 53.4 Å². The number of urea groups is 1. The molecule has 0 saturated heterocycles. The number of nitro benzene ring substituents is 1. The number of amides is 3. The number of likely N-dealkylation sites (N-methyl/N-ethyl adjacent to an activating group) is 1. The highest BCUT2D eigenvalue weighted by atomic mass is 16.6. The second-order valence-electron chi connectivity index (χ2n) is 8.82. The van der Waals surface area contributed by atoms with Gasteiger partial charge in [-0.25, -0.2) is 4.79 Å². The molecule has 37 heavy (non-hydrogen) atoms. The summed E-state index contributed by atoms with van der Waals surface area (Å²) >= 11 is 0. The Morgan fingerprint density at radius 1 is 0.946 bits per heavy atom. The number of nitrogens with one attached hydrogen (secondary N) is 2. The predicted octanol–water partition coefficient (Wildman–Crippen LogP) is 4.58. The number of nitrogens with zero attached hydrogens (tertiary/aromatic N) is 3. The maximum absolute atomic E-state index is 13.1. The van der Waals surface area contributed by atoms with Gasteiger partial charge in [0.05, 0.1) is 16.3 Å². The molecule has 0 aromatic heterocycles. The molecule has 10 nitrogen and oxygen atoms in total. The van der Waals surface area contributed by atoms with Crippen LogP contribution >= 0.6 is 0 Å². The Kier molecular flexibility index (Phi) is 8.95. The highest BCUT2D eigenvalue weighted by Gasteiger charge is 2.17. The normalized spacial score (nSPS) is 10.6. The number of nitrogen functional groups attached to an aromatic ring is 1. The van der Waals surface area contributed by atoms with Gasteiger partial charge in [-0.2, -0.15) is 0 Å². The molecule has 3 aromatic carbocycles. The third-order valence-electron chi connectivity index (χ3n) is 5.37. The van der Waals surface area contributed by atoms with Crippen LogP contribution in [-0.2, 0) is 6.54 Å². The molecule has 0 radical (unpaired) electrons. The van der Waals surface area contributed by atoms with Gasteiger partial charge in [0, 0.05) is 43.0 Å². The summed E-state index contributed by atoms with van der Waals surface area (Å²) in [6.45, 7) is 5.24. The number of anilines is 3. The summed E-state index contributed by atoms with van der Waals surface area (Å²) in [5.74, 6) is -0.295. The van der Waals surface area contributed by atoms with Gasteiger partial charge in [-0.3, -0.25) is 14.9 Å². The molecule has 0 saturated carbocycles. The van der Waals surface area contributed by atoms with Gasteiger partial charge < -0.3 is 26.2 Å². The Balaban J connectivity index is 1.72. The molecule has 0 atom stereocenters. The molecule has 0 aliphatic carbocycles. The molecule has 10 heteroatoms. The third-order valence-corrected chi connectivity index (χ3v) is 5.37. The lowest BCUT2D eigenvalue weighted by atomic mass is 10.1. The molecule has 0 heterocycles. The van der Waals surface area contributed by atoms with Crippen molar-refractivity contribution in [3.8, 4) is 0 Å². The van der Waals surface area contributed by atoms with E-state index in [4.69, 9.17) is 5.73 Å². The monoisotopic (exact) mass is 502 g/mol. The van der Waals surface area contributed by atoms with Gasteiger partial charge >= 0.3 is 6.03 Å². The van der Waals surface area contributed by atoms with E-state index in [0.717, 1.165) is 11.1 Å². The number of nitrogens with two attached hydrogens (primary N) is 1. The Morgan fingerprint density at radius 3 is 2.19 bits per heavy atom. The Hall–Kier alpha value is -4.70. The van der Waals surface area contributed by atoms with Gasteiger partial charge in [0.15, 0.2) is 0 Å². The summed E-state index contributed by atoms with van der Waals surface area (Å²) in [6.07, 6.45) is 0. The lowest BCUT2D eigenvalue weighted by Gasteiger charge is -2.25. The molecule has 0 fully saturated rings. The smallest absolute Gasteiger partial charge is 0.322 e. The van der Waals surface area contributed by atoms with Gasteiger partial charge in [-0.15, -0.1) is 0 Å². The zero-order chi connectivity index (χ0) is 26.9. The average Bonchev–Trinajstić information content (AvgIpc) is 2.85. The highest BCUT2D eigenvalue weighted by Crippen LogP contribution is 2.19. The molecule has 3 rings (SSSR count). The summed E-state index contributed by atoms with van der Waals surface area (Å²) in [5.41, 5.74) is 9.38. The highest BCUT2D eigenvalue weighted by molar-refractivity contribution is 6.05. The maximum atomic E-state index is 13.1. The van der Waals surface area contributed by atoms with Crippen molar-refractivity contribution in [2.75, 3.05) is 43.6 Å². The zero-order valence-corrected chi connectivity index (χ0v) is 20.8. The van der Waals surface area contributed by atoms with E-state index in [0.29, 0.717) is 35.7 Å². The first-order valence-electron chi connectivity index (χ1n) is 11.5. The molecular weight excluding hydrogens is 472 g/mol. The summed E-state index contributed by atoms with van der Waals surface area (Å²) in [5, 5.41) is 16.5. The van der Waals surface area contributed by atoms with Crippen LogP contribution in [0.15, 0.2) is 84.9 Å². The fraction of sp³-hybridized carbons (Fsp3) is 0.185. The van der Waals surface area contributed by atoms with Gasteiger partial charge in [0.1, 0.15) is 0 Å². The fourth-order valence-corrected chi connectivity index (χ4v) is 3.62. The number of carbonyl (C=O) groups is 2. The number of benzene rings is 3. The lowest BCUT2D eigenvalue weighted by Crippen LogP contribution is -2.37. The minimum Gasteiger partial charge on any atom is -0.397 e. The Bertz CT molecular complexity index is 1270. The lowest BCUT2D eigenvalue weighted by molar-refractivity contribution is -0.384. The van der Waals surface area contributed by atoms with E-state index in [2.05, 4.69) is 17.2 Å². The van der Waals surface area contributed by atoms with Crippen molar-refractivity contribution >= 4 is 34.7 Å². The molecule has 3 aromatic rings. The summed E-state index contributed by atoms with van der Waals surface area (Å²) in [4.78, 5) is 39.7. The van der Waals surface area contributed by atoms with Crippen molar-refractivity contribution in [3.05, 3.63) is 106 Å². The van der Waals surface area contributed by atoms with Crippen LogP contribution in [0, 0.1) is 10.1 Å². The largest absolute Gasteiger partial charge is 0.397 e. The van der Waals surface area contributed by atoms with Crippen LogP contribution in [0.1, 0.15) is 15.9 Å². The van der Waals surface area contributed by atoms with Crippen molar-refractivity contribution < 1.29 is 14.5 Å². The van der Waals surface area contributed by atoms with Crippen LogP contribution in [0.25, 0.3) is 0 Å². The first-order valence-corrected chi connectivity index (χ1v) is 11.5. The molecule has 192 valence electrons. The minimum atomic E-state index is -0.498. The van der Waals surface area contributed by atoms with Gasteiger partial charge in [-0.1, -0.05) is 30.8 Å². The van der Waals surface area contributed by atoms with E-state index < -0.39 is 4.92 Å². The standard InChI is InChI=1S/C27H30N6O4/c1-19(16-31(2)3)17-32(27(35)29-22-12-14-23(15-13-22)33(36)37)18-20-8-10-21(11-9-20)26(34)30-25-7-5-4-6-24(25)28/h4-15H,1,16-18,28H2,2-3H3,(H,29,35)(H,30,34). The van der Waals surface area contributed by atoms with Gasteiger partial charge in [0.25, 0.3) is 11.6 Å². The molecular formula is C27H30N6O4. The van der Waals surface area contributed by atoms with Crippen LogP contribution in [0.4, 0.5) is 27.5 Å². The quantitative estimate of drug-likeness (QED) is 0.161. The van der Waals surface area contributed by atoms with Gasteiger partial charge in [0.2, 0.25) is 0 Å². The van der Waals surface area contributed by atoms with Crippen molar-refractivity contribution in [2.45, 2.75) is 6.54 Å². The first-order chi connectivity index (χ1) is 17.6. The number of para-hydroxylation sites is 2. The number of hydrogen-bond donors (Lipinski definition) is 3. The number of non-ortho nitro benzene ring substituents is 1. The zero-order valence-electron chi connectivity index (χ0n) is 20.8. The van der Waals surface area contributed by atoms with E-state index in [1.807, 2.05) is 19.0 Å². The Morgan fingerprint density at radius 2 is 1.59 bits per heavy atom. The van der Waals surface area contributed by atoms with Crippen LogP contribution in [0.2, 0.25) is 0 Å². The average molecular weight is 503 g/mol. The van der Waals surface area contributed by atoms with Crippen molar-refractivity contribution in [2.24, 2.45) is 0 Å². The van der Waals surface area contributed by atoms with E-state index >= 15 is 0 Å². The van der Waals surface area contributed by atoms with Crippen molar-refractivity contribution in [1.82, 2.24) is 9.80 Å². The van der Waals surface area contributed by atoms with E-state index in [1.165, 1.54) is 24.3 Å². The summed E-state index contributed by atoms with van der Waals surface area (Å²) in [7, 11) is 3.83. The first kappa shape index (κ1) is 26.9. The molecule has 0 unspecified atom stereocenters. The molecule has 0 bridgehead atoms. The number of rotatable bonds is 10. The third kappa shape index (κ3) is 7.91. The molecule has 3 amide bonds. The second kappa shape index (κ2) is 12.3. The second-order valence-corrected chi connectivity index (χ2v) is 8.82. The molecule has 0 aliphatic rings. The fourth-order valence-electron chi connectivity index (χ4n) is 3.62. The Labute approximate surface area is 215 Å². The summed E-state index contributed by atoms with van der Waals surface area (Å²) in [6, 6.07) is 19.2. The van der Waals surface area contributed by atoms with E-state index in [9.17, 15) is 19.7 Å². The van der Waals surface area contributed by atoms with Crippen LogP contribution in [0.5, 0.6) is 0 Å². The van der Waals surface area contributed by atoms with Crippen LogP contribution in [-0.4, -0.2) is 53.8 Å². The van der Waals surface area contributed by atoms with Crippen LogP contribution in [0.3, 0.4) is 0 Å². The maximum Gasteiger partial charge on any atom is 0.322 e. The number of nitro groups is 1. The van der Waals surface area contributed by atoms with Crippen molar-refractivity contribution in [3.63, 3.8) is 0 Å². The topological polar surface area (TPSA) is 134 Å². The minimum absolute atomic E-state index is 0.0618. The van der Waals surface area contributed by atoms with Gasteiger partial charge in [-0.05, 0) is 61.6 Å². The number of hydrogen-bond acceptors (Lipinski definition) is 6. The van der Waals surface area contributed by atoms with E-state index in [-0.39, 0.29) is 24.2 Å². The van der Waals surface area contributed by atoms with Crippen molar-refractivity contribution in [1.29, 1.82) is 0 Å². The molecule has 0 aliphatic heterocycles. The van der Waals surface area contributed by atoms with Crippen LogP contribution < -0.4 is 16.4 Å². The molecule has 4 N–H and O–H groups in total. The molecule has 0 spiro atoms. The predicted molar refractivity (Wildman–Crippen MR) is 145 cm³/mol. The SMILES string of the molecule is C=C(CN(C)C)CN(Cc1ccc(C(=O)Nc2ccccc2N)cc1)C(=O)Nc1ccc([N+](=O)[O-])cc1. The summed E-state index contributed by atoms with van der Waals surface area (Å²) < 4.78 is 0.